The molecule has 0 N–H and O–H groups in total. The van der Waals surface area contributed by atoms with Gasteiger partial charge in [0.15, 0.2) is 0 Å². The SMILES string of the molecule is CCc1ccccc1-n1nc(C)nc1-c1[c-]cccc1.Cc1cc(C)cc(-n2nc(C)nc2-c2[c-]cccc2)c1.Cc1cccc(-n2nc(C)nc2-c2[c-]cccc2)c1.Cc1nc(-c2[c-]cccc2)n(-c2ccccc2-c2ccccc2)n1.Cc1nc(-c2[c-]cccc2)n(-c2ccccc2C(C)(C)C)n1.Cc1nc(-c2[c-]cccc2)n(-c2ccccc2C(C)C)n1.[Ir].[Ir].[Ir].[Ir].[Ir].[Ir]. The molecule has 0 amide bonds. The van der Waals surface area contributed by atoms with Gasteiger partial charge in [-0.05, 0) is 168 Å². The smallest absolute Gasteiger partial charge is 0.137 e. The maximum absolute atomic E-state index is 4.63. The first-order valence-electron chi connectivity index (χ1n) is 42.1. The first-order valence-corrected chi connectivity index (χ1v) is 42.1. The molecule has 0 aliphatic rings. The van der Waals surface area contributed by atoms with E-state index < -0.39 is 0 Å². The van der Waals surface area contributed by atoms with Gasteiger partial charge in [-0.1, -0.05) is 163 Å². The van der Waals surface area contributed by atoms with Crippen LogP contribution in [0.4, 0.5) is 0 Å². The van der Waals surface area contributed by atoms with E-state index in [0.29, 0.717) is 5.92 Å². The summed E-state index contributed by atoms with van der Waals surface area (Å²) in [4.78, 5) is 27.4. The molecule has 0 bridgehead atoms. The number of hydrogen-bond acceptors (Lipinski definition) is 12. The third kappa shape index (κ3) is 27.0. The van der Waals surface area contributed by atoms with E-state index in [1.54, 1.807) is 0 Å². The van der Waals surface area contributed by atoms with Gasteiger partial charge in [0, 0.05) is 126 Å². The van der Waals surface area contributed by atoms with Crippen molar-refractivity contribution in [3.8, 4) is 114 Å². The first-order chi connectivity index (χ1) is 61.1. The minimum Gasteiger partial charge on any atom is -0.262 e. The monoisotopic (exact) mass is 2810 g/mol. The second-order valence-electron chi connectivity index (χ2n) is 31.6. The van der Waals surface area contributed by atoms with Gasteiger partial charge in [-0.25, -0.2) is 0 Å². The molecule has 18 nitrogen and oxygen atoms in total. The predicted molar refractivity (Wildman–Crippen MR) is 504 cm³/mol. The van der Waals surface area contributed by atoms with Crippen LogP contribution in [0.5, 0.6) is 0 Å². The molecule has 6 radical (unpaired) electrons. The molecular weight excluding hydrogens is 2700 g/mol. The fourth-order valence-corrected chi connectivity index (χ4v) is 14.6. The van der Waals surface area contributed by atoms with Gasteiger partial charge in [-0.15, -0.1) is 215 Å². The summed E-state index contributed by atoms with van der Waals surface area (Å²) in [6.45, 7) is 30.9. The molecule has 6 aromatic heterocycles. The number of rotatable bonds is 15. The summed E-state index contributed by atoms with van der Waals surface area (Å²) in [7, 11) is 0. The Morgan fingerprint density at radius 2 is 0.576 bits per heavy atom. The van der Waals surface area contributed by atoms with Crippen LogP contribution >= 0.6 is 0 Å². The van der Waals surface area contributed by atoms with Crippen molar-refractivity contribution < 1.29 is 121 Å². The van der Waals surface area contributed by atoms with Crippen LogP contribution in [0, 0.1) is 98.7 Å². The van der Waals surface area contributed by atoms with Crippen LogP contribution in [0.15, 0.2) is 315 Å². The van der Waals surface area contributed by atoms with Crippen molar-refractivity contribution in [2.75, 3.05) is 0 Å². The molecule has 0 saturated heterocycles. The number of aryl methyl sites for hydroxylation is 10. The Hall–Kier alpha value is -11.4. The molecule has 0 unspecified atom stereocenters. The van der Waals surface area contributed by atoms with Gasteiger partial charge in [0.2, 0.25) is 0 Å². The second-order valence-corrected chi connectivity index (χ2v) is 31.6. The van der Waals surface area contributed by atoms with Gasteiger partial charge in [0.25, 0.3) is 0 Å². The normalized spacial score (nSPS) is 10.4. The summed E-state index contributed by atoms with van der Waals surface area (Å²) < 4.78 is 11.4. The molecule has 0 atom stereocenters. The van der Waals surface area contributed by atoms with E-state index in [1.807, 2.05) is 276 Å². The zero-order valence-corrected chi connectivity index (χ0v) is 90.2. The molecule has 682 valence electrons. The zero-order valence-electron chi connectivity index (χ0n) is 75.9. The van der Waals surface area contributed by atoms with E-state index in [-0.39, 0.29) is 126 Å². The fraction of sp³-hybridized carbons (Fsp3) is 0.167. The molecule has 19 aromatic rings. The van der Waals surface area contributed by atoms with Crippen LogP contribution in [-0.4, -0.2) is 88.6 Å². The number of nitrogens with zero attached hydrogens (tertiary/aromatic N) is 18. The fourth-order valence-electron chi connectivity index (χ4n) is 14.6. The van der Waals surface area contributed by atoms with Crippen LogP contribution in [0.25, 0.3) is 114 Å². The molecule has 132 heavy (non-hydrogen) atoms. The van der Waals surface area contributed by atoms with Crippen LogP contribution in [0.2, 0.25) is 0 Å². The van der Waals surface area contributed by atoms with Crippen LogP contribution in [0.1, 0.15) is 116 Å². The Kier molecular flexibility index (Phi) is 40.5. The van der Waals surface area contributed by atoms with Gasteiger partial charge in [-0.3, -0.25) is 58.0 Å². The zero-order chi connectivity index (χ0) is 88.2. The quantitative estimate of drug-likeness (QED) is 0.0886. The van der Waals surface area contributed by atoms with E-state index in [9.17, 15) is 0 Å². The molecule has 0 aliphatic carbocycles. The molecule has 0 spiro atoms. The predicted octanol–water partition coefficient (Wildman–Crippen LogP) is 23.8. The maximum Gasteiger partial charge on any atom is 0.137 e. The van der Waals surface area contributed by atoms with Gasteiger partial charge in [0.1, 0.15) is 34.9 Å². The van der Waals surface area contributed by atoms with E-state index >= 15 is 0 Å². The van der Waals surface area contributed by atoms with E-state index in [1.165, 1.54) is 33.4 Å². The van der Waals surface area contributed by atoms with Crippen molar-refractivity contribution in [1.29, 1.82) is 0 Å². The topological polar surface area (TPSA) is 184 Å². The standard InChI is InChI=1S/C21H16N3.C19H20N3.C18H18N3.2C17H16N3.C16H14N3.6Ir/c1-16-22-21(18-12-6-3-7-13-18)24(23-16)20-15-9-8-14-19(20)17-10-4-2-5-11-17;1-14-20-18(15-10-6-5-7-11-15)22(21-14)17-13-9-8-12-16(17)19(2,3)4;1-13(2)16-11-7-8-12-17(16)21-18(19-14(3)20-21)15-9-5-4-6-10-15;1-12-9-13(2)11-16(10-12)20-17(18-14(3)19-20)15-7-5-4-6-8-15;1-3-14-9-7-8-12-16(14)20-17(18-13(2)19-20)15-10-5-4-6-11-15;1-12-7-6-10-15(11-12)19-16(17-13(2)18-19)14-8-4-3-5-9-14;;;;;;/h2-12,14-15H,1H3;5-10,12-13H,1-4H3;4-9,11-13H,1-3H3;4-7,9-11H,1-3H3;4-10,12H,3H2,1-2H3;3-8,10-11H,1-2H3;;;;;;/q6*-1;;;;;;. The van der Waals surface area contributed by atoms with Gasteiger partial charge in [-0.2, -0.15) is 30.6 Å². The van der Waals surface area contributed by atoms with Crippen molar-refractivity contribution in [2.24, 2.45) is 0 Å². The minimum atomic E-state index is 0. The third-order valence-electron chi connectivity index (χ3n) is 20.2. The van der Waals surface area contributed by atoms with Crippen molar-refractivity contribution in [2.45, 2.75) is 122 Å². The van der Waals surface area contributed by atoms with Gasteiger partial charge in [0.05, 0.1) is 69.1 Å². The van der Waals surface area contributed by atoms with Crippen molar-refractivity contribution in [1.82, 2.24) is 88.6 Å². The summed E-state index contributed by atoms with van der Waals surface area (Å²) in [6, 6.07) is 125. The molecular formula is C108H100Ir6N18-6. The van der Waals surface area contributed by atoms with Crippen molar-refractivity contribution >= 4 is 0 Å². The van der Waals surface area contributed by atoms with Crippen LogP contribution in [0.3, 0.4) is 0 Å². The molecule has 0 aliphatic heterocycles. The summed E-state index contributed by atoms with van der Waals surface area (Å²) in [5, 5.41) is 27.4. The Morgan fingerprint density at radius 3 is 0.955 bits per heavy atom. The molecule has 0 fully saturated rings. The summed E-state index contributed by atoms with van der Waals surface area (Å²) in [5.41, 5.74) is 21.7. The second kappa shape index (κ2) is 50.5. The van der Waals surface area contributed by atoms with Crippen molar-refractivity contribution in [3.05, 3.63) is 420 Å². The van der Waals surface area contributed by atoms with Crippen LogP contribution < -0.4 is 0 Å². The van der Waals surface area contributed by atoms with Crippen LogP contribution in [-0.2, 0) is 132 Å². The average molecular weight is 2800 g/mol. The first kappa shape index (κ1) is 106. The molecule has 6 heterocycles. The Balaban J connectivity index is 0.000000194. The number of aromatic nitrogens is 18. The summed E-state index contributed by atoms with van der Waals surface area (Å²) in [6.07, 6.45) is 0.965. The number of para-hydroxylation sites is 4. The third-order valence-corrected chi connectivity index (χ3v) is 20.2. The average Bonchev–Trinajstić information content (AvgIpc) is 1.61. The Morgan fingerprint density at radius 1 is 0.273 bits per heavy atom. The summed E-state index contributed by atoms with van der Waals surface area (Å²) >= 11 is 0. The van der Waals surface area contributed by atoms with Gasteiger partial charge < -0.3 is 0 Å². The molecule has 0 saturated carbocycles. The van der Waals surface area contributed by atoms with Gasteiger partial charge >= 0.3 is 0 Å². The number of benzene rings is 13. The Bertz CT molecular complexity index is 6750. The Labute approximate surface area is 856 Å². The van der Waals surface area contributed by atoms with E-state index in [0.717, 1.165) is 155 Å². The molecule has 13 aromatic carbocycles. The summed E-state index contributed by atoms with van der Waals surface area (Å²) in [5.74, 6) is 9.93. The maximum atomic E-state index is 4.63. The minimum absolute atomic E-state index is 0. The van der Waals surface area contributed by atoms with E-state index in [2.05, 4.69) is 268 Å². The van der Waals surface area contributed by atoms with E-state index in [4.69, 9.17) is 0 Å². The molecule has 24 heteroatoms. The molecule has 19 rings (SSSR count). The van der Waals surface area contributed by atoms with Crippen molar-refractivity contribution in [3.63, 3.8) is 0 Å². The largest absolute Gasteiger partial charge is 0.262 e. The number of hydrogen-bond donors (Lipinski definition) is 0.